The van der Waals surface area contributed by atoms with Gasteiger partial charge in [-0.05, 0) is 110 Å². The molecule has 2 N–H and O–H groups in total. The molecule has 0 unspecified atom stereocenters. The fraction of sp³-hybridized carbons (Fsp3) is 0.475. The molecule has 9 heteroatoms. The van der Waals surface area contributed by atoms with E-state index in [0.717, 1.165) is 69.5 Å². The smallest absolute Gasteiger partial charge is 0.410 e. The van der Waals surface area contributed by atoms with Gasteiger partial charge < -0.3 is 19.9 Å². The lowest BCUT2D eigenvalue weighted by Gasteiger charge is -2.57. The lowest BCUT2D eigenvalue weighted by molar-refractivity contribution is -0.121. The molecule has 0 spiro atoms. The average Bonchev–Trinajstić information content (AvgIpc) is 3.68. The zero-order chi connectivity index (χ0) is 33.3. The third kappa shape index (κ3) is 6.45. The number of nitrogens with one attached hydrogen (secondary N) is 2. The molecule has 3 aliphatic heterocycles. The van der Waals surface area contributed by atoms with Gasteiger partial charge in [0.1, 0.15) is 18.2 Å². The van der Waals surface area contributed by atoms with E-state index < -0.39 is 0 Å². The number of benzene rings is 3. The Labute approximate surface area is 287 Å². The van der Waals surface area contributed by atoms with E-state index in [1.807, 2.05) is 0 Å². The first-order valence-electron chi connectivity index (χ1n) is 18.3. The molecule has 1 aliphatic carbocycles. The van der Waals surface area contributed by atoms with Gasteiger partial charge in [0.15, 0.2) is 0 Å². The molecular weight excluding hydrogens is 617 g/mol. The summed E-state index contributed by atoms with van der Waals surface area (Å²) in [7, 11) is 0. The normalized spacial score (nSPS) is 23.2. The number of aryl methyl sites for hydroxylation is 1. The monoisotopic (exact) mass is 663 g/mol. The average molecular weight is 664 g/mol. The highest BCUT2D eigenvalue weighted by atomic mass is 19.1. The molecule has 256 valence electrons. The number of piperidine rings is 3. The SMILES string of the molecule is O=C(CCC[C@@H]1[C@H]2CCCN3CCC[C@@H](CN1C(=O)OCC1c4ccccc4-c4ccccc41)[C@@H]23)NCCCc1nc2ccc(F)cc2[nH]1. The van der Waals surface area contributed by atoms with E-state index >= 15 is 0 Å². The summed E-state index contributed by atoms with van der Waals surface area (Å²) < 4.78 is 19.8. The summed E-state index contributed by atoms with van der Waals surface area (Å²) in [6.45, 7) is 3.93. The van der Waals surface area contributed by atoms with Crippen LogP contribution in [0.1, 0.15) is 74.2 Å². The standard InChI is InChI=1S/C40H46FN5O3/c41-27-18-19-34-35(23-27)44-37(43-34)16-6-20-42-38(47)17-5-15-36-32-14-8-22-45-21-7-9-26(39(32)45)24-46(36)40(48)49-25-33-30-12-3-1-10-28(30)29-11-2-4-13-31(29)33/h1-4,10-13,18-19,23,26,32-33,36,39H,5-9,14-17,20-22,24-25H2,(H,42,47)(H,43,44)/t26-,32+,36+,39-/m0/s1. The van der Waals surface area contributed by atoms with Gasteiger partial charge in [-0.1, -0.05) is 48.5 Å². The molecule has 3 aromatic carbocycles. The van der Waals surface area contributed by atoms with Crippen LogP contribution in [0.4, 0.5) is 9.18 Å². The maximum absolute atomic E-state index is 14.1. The fourth-order valence-electron chi connectivity index (χ4n) is 9.45. The number of carbonyl (C=O) groups excluding carboxylic acids is 2. The topological polar surface area (TPSA) is 90.6 Å². The molecule has 8 rings (SSSR count). The van der Waals surface area contributed by atoms with Crippen molar-refractivity contribution in [3.63, 3.8) is 0 Å². The highest BCUT2D eigenvalue weighted by molar-refractivity contribution is 5.79. The second-order valence-electron chi connectivity index (χ2n) is 14.4. The van der Waals surface area contributed by atoms with Crippen molar-refractivity contribution in [2.75, 3.05) is 32.8 Å². The summed E-state index contributed by atoms with van der Waals surface area (Å²) in [4.78, 5) is 39.4. The molecule has 0 bridgehead atoms. The van der Waals surface area contributed by atoms with Crippen LogP contribution in [0.15, 0.2) is 66.7 Å². The van der Waals surface area contributed by atoms with Crippen molar-refractivity contribution in [1.82, 2.24) is 25.1 Å². The van der Waals surface area contributed by atoms with Crippen LogP contribution in [0, 0.1) is 17.7 Å². The van der Waals surface area contributed by atoms with Gasteiger partial charge in [0, 0.05) is 43.9 Å². The molecule has 1 aromatic heterocycles. The van der Waals surface area contributed by atoms with E-state index in [-0.39, 0.29) is 29.8 Å². The van der Waals surface area contributed by atoms with Gasteiger partial charge in [0.2, 0.25) is 5.91 Å². The van der Waals surface area contributed by atoms with E-state index in [1.165, 1.54) is 40.8 Å². The van der Waals surface area contributed by atoms with E-state index in [9.17, 15) is 14.0 Å². The summed E-state index contributed by atoms with van der Waals surface area (Å²) >= 11 is 0. The highest BCUT2D eigenvalue weighted by Crippen LogP contribution is 2.46. The second kappa shape index (κ2) is 13.9. The Morgan fingerprint density at radius 3 is 2.51 bits per heavy atom. The van der Waals surface area contributed by atoms with Crippen LogP contribution in [-0.4, -0.2) is 76.6 Å². The maximum atomic E-state index is 14.1. The van der Waals surface area contributed by atoms with Gasteiger partial charge in [0.25, 0.3) is 0 Å². The molecule has 4 atom stereocenters. The summed E-state index contributed by atoms with van der Waals surface area (Å²) in [5.74, 6) is 1.46. The first kappa shape index (κ1) is 32.0. The lowest BCUT2D eigenvalue weighted by Crippen LogP contribution is -2.65. The van der Waals surface area contributed by atoms with Crippen molar-refractivity contribution in [1.29, 1.82) is 0 Å². The number of fused-ring (bicyclic) bond motifs is 4. The fourth-order valence-corrected chi connectivity index (χ4v) is 9.45. The van der Waals surface area contributed by atoms with Gasteiger partial charge in [-0.25, -0.2) is 14.2 Å². The highest BCUT2D eigenvalue weighted by Gasteiger charge is 2.50. The number of aromatic nitrogens is 2. The van der Waals surface area contributed by atoms with Crippen LogP contribution in [0.2, 0.25) is 0 Å². The molecule has 2 amide bonds. The Morgan fingerprint density at radius 2 is 1.71 bits per heavy atom. The van der Waals surface area contributed by atoms with Crippen molar-refractivity contribution in [2.45, 2.75) is 75.8 Å². The van der Waals surface area contributed by atoms with Gasteiger partial charge in [-0.15, -0.1) is 0 Å². The number of likely N-dealkylation sites (tertiary alicyclic amines) is 1. The van der Waals surface area contributed by atoms with E-state index in [2.05, 4.69) is 73.6 Å². The quantitative estimate of drug-likeness (QED) is 0.178. The summed E-state index contributed by atoms with van der Waals surface area (Å²) in [6.07, 6.45) is 7.80. The predicted molar refractivity (Wildman–Crippen MR) is 188 cm³/mol. The van der Waals surface area contributed by atoms with Crippen molar-refractivity contribution in [2.24, 2.45) is 11.8 Å². The summed E-state index contributed by atoms with van der Waals surface area (Å²) in [6, 6.07) is 22.1. The van der Waals surface area contributed by atoms with Crippen LogP contribution >= 0.6 is 0 Å². The molecule has 49 heavy (non-hydrogen) atoms. The zero-order valence-electron chi connectivity index (χ0n) is 28.1. The molecular formula is C40H46FN5O3. The van der Waals surface area contributed by atoms with E-state index in [4.69, 9.17) is 4.74 Å². The van der Waals surface area contributed by atoms with Gasteiger partial charge >= 0.3 is 6.09 Å². The summed E-state index contributed by atoms with van der Waals surface area (Å²) in [5, 5.41) is 3.07. The molecule has 0 radical (unpaired) electrons. The third-order valence-electron chi connectivity index (χ3n) is 11.6. The zero-order valence-corrected chi connectivity index (χ0v) is 28.1. The Balaban J connectivity index is 0.889. The number of halogens is 1. The van der Waals surface area contributed by atoms with Crippen LogP contribution in [0.25, 0.3) is 22.2 Å². The minimum atomic E-state index is -0.288. The molecule has 4 aromatic rings. The van der Waals surface area contributed by atoms with Crippen LogP contribution in [0.5, 0.6) is 0 Å². The molecule has 3 saturated heterocycles. The Kier molecular flexibility index (Phi) is 9.10. The second-order valence-corrected chi connectivity index (χ2v) is 14.4. The van der Waals surface area contributed by atoms with E-state index in [1.54, 1.807) is 6.07 Å². The van der Waals surface area contributed by atoms with Gasteiger partial charge in [-0.2, -0.15) is 0 Å². The van der Waals surface area contributed by atoms with Gasteiger partial charge in [0.05, 0.1) is 11.0 Å². The number of ether oxygens (including phenoxy) is 1. The number of imidazole rings is 1. The number of rotatable bonds is 10. The molecule has 4 heterocycles. The molecule has 3 fully saturated rings. The first-order chi connectivity index (χ1) is 24.0. The summed E-state index contributed by atoms with van der Waals surface area (Å²) in [5.41, 5.74) is 6.34. The largest absolute Gasteiger partial charge is 0.448 e. The lowest BCUT2D eigenvalue weighted by atomic mass is 9.69. The minimum absolute atomic E-state index is 0.0331. The predicted octanol–water partition coefficient (Wildman–Crippen LogP) is 7.05. The number of nitrogens with zero attached hydrogens (tertiary/aromatic N) is 3. The third-order valence-corrected chi connectivity index (χ3v) is 11.6. The Hall–Kier alpha value is -4.24. The Bertz CT molecular complexity index is 1780. The number of aromatic amines is 1. The number of hydrogen-bond acceptors (Lipinski definition) is 5. The molecule has 8 nitrogen and oxygen atoms in total. The van der Waals surface area contributed by atoms with Crippen LogP contribution in [-0.2, 0) is 16.0 Å². The van der Waals surface area contributed by atoms with Crippen LogP contribution < -0.4 is 5.32 Å². The maximum Gasteiger partial charge on any atom is 0.410 e. The van der Waals surface area contributed by atoms with Crippen molar-refractivity contribution < 1.29 is 18.7 Å². The number of H-pyrrole nitrogens is 1. The van der Waals surface area contributed by atoms with Crippen molar-refractivity contribution in [3.8, 4) is 11.1 Å². The number of carbonyl (C=O) groups is 2. The molecule has 4 aliphatic rings. The number of hydrogen-bond donors (Lipinski definition) is 2. The number of amides is 2. The van der Waals surface area contributed by atoms with Crippen LogP contribution in [0.3, 0.4) is 0 Å². The van der Waals surface area contributed by atoms with Crippen molar-refractivity contribution in [3.05, 3.63) is 89.5 Å². The Morgan fingerprint density at radius 1 is 0.959 bits per heavy atom. The van der Waals surface area contributed by atoms with E-state index in [0.29, 0.717) is 49.4 Å². The van der Waals surface area contributed by atoms with Crippen molar-refractivity contribution >= 4 is 23.0 Å². The molecule has 0 saturated carbocycles. The minimum Gasteiger partial charge on any atom is -0.448 e. The first-order valence-corrected chi connectivity index (χ1v) is 18.3. The van der Waals surface area contributed by atoms with Gasteiger partial charge in [-0.3, -0.25) is 9.69 Å².